The maximum atomic E-state index is 12.6. The Morgan fingerprint density at radius 1 is 1.24 bits per heavy atom. The molecular formula is C17H18N2OS. The molecule has 0 radical (unpaired) electrons. The number of hydrogen-bond donors (Lipinski definition) is 2. The summed E-state index contributed by atoms with van der Waals surface area (Å²) < 4.78 is 0. The lowest BCUT2D eigenvalue weighted by molar-refractivity contribution is -0.127. The van der Waals surface area contributed by atoms with Crippen molar-refractivity contribution < 1.29 is 4.79 Å². The van der Waals surface area contributed by atoms with Gasteiger partial charge in [0.05, 0.1) is 10.4 Å². The third kappa shape index (κ3) is 2.40. The van der Waals surface area contributed by atoms with Crippen LogP contribution in [0.4, 0.5) is 5.69 Å². The first kappa shape index (κ1) is 14.0. The second-order valence-electron chi connectivity index (χ2n) is 5.98. The summed E-state index contributed by atoms with van der Waals surface area (Å²) in [4.78, 5) is 12.9. The van der Waals surface area contributed by atoms with Crippen LogP contribution in [0.3, 0.4) is 0 Å². The molecule has 0 heterocycles. The van der Waals surface area contributed by atoms with Gasteiger partial charge in [-0.25, -0.2) is 0 Å². The van der Waals surface area contributed by atoms with Gasteiger partial charge < -0.3 is 11.1 Å². The molecule has 1 fully saturated rings. The molecule has 1 aliphatic rings. The number of carbonyl (C=O) groups excluding carboxylic acids is 1. The summed E-state index contributed by atoms with van der Waals surface area (Å²) in [6, 6.07) is 13.9. The molecule has 1 aliphatic carbocycles. The highest BCUT2D eigenvalue weighted by Gasteiger charge is 2.50. The highest BCUT2D eigenvalue weighted by atomic mass is 32.1. The molecule has 3 rings (SSSR count). The Balaban J connectivity index is 1.84. The summed E-state index contributed by atoms with van der Waals surface area (Å²) in [6.45, 7) is 2.11. The van der Waals surface area contributed by atoms with E-state index in [0.29, 0.717) is 10.9 Å². The van der Waals surface area contributed by atoms with E-state index < -0.39 is 5.41 Å². The van der Waals surface area contributed by atoms with Gasteiger partial charge in [-0.1, -0.05) is 49.5 Å². The van der Waals surface area contributed by atoms with E-state index in [9.17, 15) is 4.79 Å². The van der Waals surface area contributed by atoms with Crippen LogP contribution in [0, 0.1) is 11.3 Å². The van der Waals surface area contributed by atoms with Gasteiger partial charge in [-0.2, -0.15) is 0 Å². The summed E-state index contributed by atoms with van der Waals surface area (Å²) in [7, 11) is 0. The Morgan fingerprint density at radius 3 is 2.52 bits per heavy atom. The highest BCUT2D eigenvalue weighted by molar-refractivity contribution is 7.80. The molecule has 0 aromatic heterocycles. The molecule has 0 atom stereocenters. The third-order valence-corrected chi connectivity index (χ3v) is 4.70. The maximum Gasteiger partial charge on any atom is 0.237 e. The summed E-state index contributed by atoms with van der Waals surface area (Å²) in [6.07, 6.45) is 1.48. The van der Waals surface area contributed by atoms with Crippen LogP contribution in [0.25, 0.3) is 10.8 Å². The van der Waals surface area contributed by atoms with Gasteiger partial charge >= 0.3 is 0 Å². The Labute approximate surface area is 129 Å². The van der Waals surface area contributed by atoms with Crippen LogP contribution in [0.15, 0.2) is 42.5 Å². The van der Waals surface area contributed by atoms with E-state index in [-0.39, 0.29) is 5.91 Å². The fraction of sp³-hybridized carbons (Fsp3) is 0.294. The van der Waals surface area contributed by atoms with Gasteiger partial charge in [0.15, 0.2) is 0 Å². The van der Waals surface area contributed by atoms with Crippen LogP contribution in [-0.2, 0) is 4.79 Å². The van der Waals surface area contributed by atoms with E-state index in [1.165, 1.54) is 0 Å². The maximum absolute atomic E-state index is 12.6. The monoisotopic (exact) mass is 298 g/mol. The highest BCUT2D eigenvalue weighted by Crippen LogP contribution is 2.46. The largest absolute Gasteiger partial charge is 0.392 e. The van der Waals surface area contributed by atoms with Crippen molar-refractivity contribution in [3.05, 3.63) is 42.5 Å². The first-order valence-electron chi connectivity index (χ1n) is 7.11. The minimum Gasteiger partial charge on any atom is -0.392 e. The summed E-state index contributed by atoms with van der Waals surface area (Å²) >= 11 is 5.12. The van der Waals surface area contributed by atoms with E-state index in [0.717, 1.165) is 29.3 Å². The molecule has 1 saturated carbocycles. The minimum atomic E-state index is -0.666. The number of nitrogens with two attached hydrogens (primary N) is 1. The number of anilines is 1. The summed E-state index contributed by atoms with van der Waals surface area (Å²) in [5.74, 6) is 0.414. The van der Waals surface area contributed by atoms with Crippen molar-refractivity contribution >= 4 is 39.6 Å². The van der Waals surface area contributed by atoms with Crippen molar-refractivity contribution in [1.82, 2.24) is 0 Å². The standard InChI is InChI=1S/C17H18N2OS/c1-11-9-17(10-11,15(18)21)16(20)19-14-7-6-12-4-2-3-5-13(12)8-14/h2-8,11H,9-10H2,1H3,(H2,18,21)(H,19,20). The summed E-state index contributed by atoms with van der Waals surface area (Å²) in [5, 5.41) is 5.22. The summed E-state index contributed by atoms with van der Waals surface area (Å²) in [5.41, 5.74) is 5.93. The molecule has 3 N–H and O–H groups in total. The predicted octanol–water partition coefficient (Wildman–Crippen LogP) is 3.48. The topological polar surface area (TPSA) is 55.1 Å². The van der Waals surface area contributed by atoms with Crippen LogP contribution in [0.1, 0.15) is 19.8 Å². The number of hydrogen-bond acceptors (Lipinski definition) is 2. The molecule has 0 spiro atoms. The molecule has 21 heavy (non-hydrogen) atoms. The number of fused-ring (bicyclic) bond motifs is 1. The Morgan fingerprint density at radius 2 is 1.90 bits per heavy atom. The number of nitrogens with one attached hydrogen (secondary N) is 1. The average molecular weight is 298 g/mol. The molecular weight excluding hydrogens is 280 g/mol. The van der Waals surface area contributed by atoms with Crippen LogP contribution in [0.2, 0.25) is 0 Å². The quantitative estimate of drug-likeness (QED) is 0.853. The van der Waals surface area contributed by atoms with Gasteiger partial charge in [-0.15, -0.1) is 0 Å². The molecule has 0 saturated heterocycles. The van der Waals surface area contributed by atoms with E-state index in [1.54, 1.807) is 0 Å². The molecule has 2 aromatic rings. The number of thiocarbonyl (C=S) groups is 1. The smallest absolute Gasteiger partial charge is 0.237 e. The number of rotatable bonds is 3. The van der Waals surface area contributed by atoms with Crippen molar-refractivity contribution in [3.63, 3.8) is 0 Å². The van der Waals surface area contributed by atoms with Gasteiger partial charge in [-0.3, -0.25) is 4.79 Å². The number of carbonyl (C=O) groups is 1. The molecule has 108 valence electrons. The molecule has 1 amide bonds. The zero-order valence-electron chi connectivity index (χ0n) is 11.9. The van der Waals surface area contributed by atoms with Crippen LogP contribution >= 0.6 is 12.2 Å². The number of benzene rings is 2. The van der Waals surface area contributed by atoms with E-state index in [2.05, 4.69) is 12.2 Å². The molecule has 0 unspecified atom stereocenters. The molecule has 4 heteroatoms. The second kappa shape index (κ2) is 5.11. The SMILES string of the molecule is CC1CC(C(=O)Nc2ccc3ccccc3c2)(C(N)=S)C1. The van der Waals surface area contributed by atoms with Gasteiger partial charge in [0, 0.05) is 5.69 Å². The van der Waals surface area contributed by atoms with Crippen LogP contribution in [-0.4, -0.2) is 10.9 Å². The van der Waals surface area contributed by atoms with Gasteiger partial charge in [0.25, 0.3) is 0 Å². The van der Waals surface area contributed by atoms with Gasteiger partial charge in [0.2, 0.25) is 5.91 Å². The molecule has 2 aromatic carbocycles. The van der Waals surface area contributed by atoms with Crippen molar-refractivity contribution in [3.8, 4) is 0 Å². The number of amides is 1. The van der Waals surface area contributed by atoms with Crippen molar-refractivity contribution in [2.24, 2.45) is 17.1 Å². The third-order valence-electron chi connectivity index (χ3n) is 4.31. The second-order valence-corrected chi connectivity index (χ2v) is 6.42. The van der Waals surface area contributed by atoms with Crippen molar-refractivity contribution in [1.29, 1.82) is 0 Å². The van der Waals surface area contributed by atoms with Crippen molar-refractivity contribution in [2.75, 3.05) is 5.32 Å². The van der Waals surface area contributed by atoms with Crippen LogP contribution in [0.5, 0.6) is 0 Å². The molecule has 0 bridgehead atoms. The van der Waals surface area contributed by atoms with E-state index in [1.807, 2.05) is 42.5 Å². The zero-order valence-corrected chi connectivity index (χ0v) is 12.7. The first-order chi connectivity index (χ1) is 10.0. The van der Waals surface area contributed by atoms with E-state index >= 15 is 0 Å². The Kier molecular flexibility index (Phi) is 3.41. The zero-order chi connectivity index (χ0) is 15.0. The Bertz CT molecular complexity index is 720. The lowest BCUT2D eigenvalue weighted by Crippen LogP contribution is -2.53. The fourth-order valence-corrected chi connectivity index (χ4v) is 3.41. The van der Waals surface area contributed by atoms with Gasteiger partial charge in [0.1, 0.15) is 0 Å². The fourth-order valence-electron chi connectivity index (χ4n) is 3.15. The van der Waals surface area contributed by atoms with E-state index in [4.69, 9.17) is 18.0 Å². The lowest BCUT2D eigenvalue weighted by atomic mass is 9.62. The average Bonchev–Trinajstić information content (AvgIpc) is 2.43. The minimum absolute atomic E-state index is 0.0802. The first-order valence-corrected chi connectivity index (χ1v) is 7.52. The van der Waals surface area contributed by atoms with Crippen LogP contribution < -0.4 is 11.1 Å². The van der Waals surface area contributed by atoms with Gasteiger partial charge in [-0.05, 0) is 41.7 Å². The Hall–Kier alpha value is -1.94. The lowest BCUT2D eigenvalue weighted by Gasteiger charge is -2.44. The van der Waals surface area contributed by atoms with Crippen molar-refractivity contribution in [2.45, 2.75) is 19.8 Å². The molecule has 0 aliphatic heterocycles. The predicted molar refractivity (Wildman–Crippen MR) is 90.2 cm³/mol. The molecule has 3 nitrogen and oxygen atoms in total. The normalized spacial score (nSPS) is 24.3.